The summed E-state index contributed by atoms with van der Waals surface area (Å²) < 4.78 is 5.31. The Bertz CT molecular complexity index is 992. The molecule has 1 saturated carbocycles. The zero-order valence-electron chi connectivity index (χ0n) is 16.3. The maximum absolute atomic E-state index is 12.7. The van der Waals surface area contributed by atoms with Crippen LogP contribution in [0.1, 0.15) is 54.4 Å². The van der Waals surface area contributed by atoms with Crippen LogP contribution in [0.2, 0.25) is 0 Å². The standard InChI is InChI=1S/C21H24N6O2/c28-19(5-1-4-18-23-21(26-29-18)15-3-2-10-22-13-15)27-11-8-16-17(9-12-27)24-25-20(16)14-6-7-14/h2-3,10,13-14H,1,4-9,11-12H2,(H,24,25). The highest BCUT2D eigenvalue weighted by Crippen LogP contribution is 2.41. The molecule has 3 aromatic heterocycles. The van der Waals surface area contributed by atoms with Crippen molar-refractivity contribution in [3.63, 3.8) is 0 Å². The molecule has 1 aliphatic heterocycles. The van der Waals surface area contributed by atoms with Crippen molar-refractivity contribution in [2.24, 2.45) is 0 Å². The van der Waals surface area contributed by atoms with Gasteiger partial charge in [-0.25, -0.2) is 0 Å². The van der Waals surface area contributed by atoms with Crippen molar-refractivity contribution in [3.05, 3.63) is 47.4 Å². The third-order valence-corrected chi connectivity index (χ3v) is 5.73. The second-order valence-electron chi connectivity index (χ2n) is 7.83. The third-order valence-electron chi connectivity index (χ3n) is 5.73. The monoisotopic (exact) mass is 392 g/mol. The van der Waals surface area contributed by atoms with Crippen molar-refractivity contribution < 1.29 is 9.32 Å². The summed E-state index contributed by atoms with van der Waals surface area (Å²) in [5.41, 5.74) is 4.65. The van der Waals surface area contributed by atoms with E-state index in [1.165, 1.54) is 29.8 Å². The summed E-state index contributed by atoms with van der Waals surface area (Å²) in [6.07, 6.45) is 9.46. The molecule has 4 heterocycles. The van der Waals surface area contributed by atoms with Gasteiger partial charge in [0.05, 0.1) is 5.69 Å². The summed E-state index contributed by atoms with van der Waals surface area (Å²) in [7, 11) is 0. The lowest BCUT2D eigenvalue weighted by Crippen LogP contribution is -2.33. The molecule has 0 unspecified atom stereocenters. The molecule has 5 rings (SSSR count). The van der Waals surface area contributed by atoms with E-state index in [2.05, 4.69) is 25.3 Å². The molecule has 1 fully saturated rings. The number of hydrogen-bond donors (Lipinski definition) is 1. The van der Waals surface area contributed by atoms with Crippen molar-refractivity contribution in [2.45, 2.75) is 50.9 Å². The number of pyridine rings is 1. The molecule has 0 spiro atoms. The van der Waals surface area contributed by atoms with E-state index in [4.69, 9.17) is 4.52 Å². The Kier molecular flexibility index (Phi) is 4.83. The minimum absolute atomic E-state index is 0.197. The molecular weight excluding hydrogens is 368 g/mol. The first-order valence-corrected chi connectivity index (χ1v) is 10.3. The van der Waals surface area contributed by atoms with Crippen molar-refractivity contribution in [3.8, 4) is 11.4 Å². The number of fused-ring (bicyclic) bond motifs is 1. The highest BCUT2D eigenvalue weighted by Gasteiger charge is 2.31. The first-order valence-electron chi connectivity index (χ1n) is 10.3. The Morgan fingerprint density at radius 1 is 1.28 bits per heavy atom. The molecule has 8 nitrogen and oxygen atoms in total. The molecule has 1 N–H and O–H groups in total. The first kappa shape index (κ1) is 18.0. The van der Waals surface area contributed by atoms with Gasteiger partial charge >= 0.3 is 0 Å². The maximum Gasteiger partial charge on any atom is 0.226 e. The summed E-state index contributed by atoms with van der Waals surface area (Å²) in [5, 5.41) is 11.7. The number of nitrogens with one attached hydrogen (secondary N) is 1. The van der Waals surface area contributed by atoms with E-state index in [9.17, 15) is 4.79 Å². The van der Waals surface area contributed by atoms with E-state index in [1.54, 1.807) is 12.4 Å². The zero-order chi connectivity index (χ0) is 19.6. The summed E-state index contributed by atoms with van der Waals surface area (Å²) in [4.78, 5) is 23.2. The number of aromatic amines is 1. The molecule has 8 heteroatoms. The molecule has 2 aliphatic rings. The summed E-state index contributed by atoms with van der Waals surface area (Å²) in [5.74, 6) is 1.93. The van der Waals surface area contributed by atoms with Gasteiger partial charge in [0.1, 0.15) is 0 Å². The molecule has 0 bridgehead atoms. The van der Waals surface area contributed by atoms with Gasteiger partial charge in [-0.3, -0.25) is 14.9 Å². The van der Waals surface area contributed by atoms with Crippen LogP contribution in [0, 0.1) is 0 Å². The van der Waals surface area contributed by atoms with Gasteiger partial charge in [0.2, 0.25) is 17.6 Å². The Labute approximate surface area is 168 Å². The predicted molar refractivity (Wildman–Crippen MR) is 105 cm³/mol. The predicted octanol–water partition coefficient (Wildman–Crippen LogP) is 2.68. The number of H-pyrrole nitrogens is 1. The zero-order valence-corrected chi connectivity index (χ0v) is 16.3. The highest BCUT2D eigenvalue weighted by molar-refractivity contribution is 5.76. The number of nitrogens with zero attached hydrogens (tertiary/aromatic N) is 5. The largest absolute Gasteiger partial charge is 0.342 e. The summed E-state index contributed by atoms with van der Waals surface area (Å²) in [6.45, 7) is 1.53. The topological polar surface area (TPSA) is 101 Å². The van der Waals surface area contributed by atoms with Crippen LogP contribution in [0.5, 0.6) is 0 Å². The number of hydrogen-bond acceptors (Lipinski definition) is 6. The number of amides is 1. The number of rotatable bonds is 6. The molecule has 0 atom stereocenters. The fraction of sp³-hybridized carbons (Fsp3) is 0.476. The van der Waals surface area contributed by atoms with E-state index in [0.717, 1.165) is 31.5 Å². The van der Waals surface area contributed by atoms with E-state index < -0.39 is 0 Å². The maximum atomic E-state index is 12.7. The third kappa shape index (κ3) is 3.92. The van der Waals surface area contributed by atoms with Crippen LogP contribution in [0.25, 0.3) is 11.4 Å². The number of aryl methyl sites for hydroxylation is 1. The van der Waals surface area contributed by atoms with Crippen LogP contribution >= 0.6 is 0 Å². The molecule has 0 aromatic carbocycles. The fourth-order valence-corrected chi connectivity index (χ4v) is 3.97. The lowest BCUT2D eigenvalue weighted by atomic mass is 10.1. The van der Waals surface area contributed by atoms with Gasteiger partial charge < -0.3 is 9.42 Å². The quantitative estimate of drug-likeness (QED) is 0.692. The van der Waals surface area contributed by atoms with Gasteiger partial charge in [-0.2, -0.15) is 10.1 Å². The SMILES string of the molecule is O=C(CCCc1nc(-c2cccnc2)no1)N1CCc2[nH]nc(C3CC3)c2CC1. The van der Waals surface area contributed by atoms with E-state index >= 15 is 0 Å². The molecule has 1 amide bonds. The molecule has 29 heavy (non-hydrogen) atoms. The van der Waals surface area contributed by atoms with E-state index in [0.29, 0.717) is 36.9 Å². The molecule has 0 saturated heterocycles. The summed E-state index contributed by atoms with van der Waals surface area (Å²) in [6, 6.07) is 3.73. The minimum atomic E-state index is 0.197. The smallest absolute Gasteiger partial charge is 0.226 e. The lowest BCUT2D eigenvalue weighted by molar-refractivity contribution is -0.131. The van der Waals surface area contributed by atoms with Gasteiger partial charge in [-0.1, -0.05) is 5.16 Å². The van der Waals surface area contributed by atoms with E-state index in [-0.39, 0.29) is 5.91 Å². The van der Waals surface area contributed by atoms with Crippen LogP contribution in [0.3, 0.4) is 0 Å². The number of carbonyl (C=O) groups is 1. The van der Waals surface area contributed by atoms with Gasteiger partial charge in [0.15, 0.2) is 0 Å². The molecule has 0 radical (unpaired) electrons. The Morgan fingerprint density at radius 2 is 2.17 bits per heavy atom. The van der Waals surface area contributed by atoms with Crippen molar-refractivity contribution >= 4 is 5.91 Å². The van der Waals surface area contributed by atoms with Gasteiger partial charge in [0.25, 0.3) is 0 Å². The van der Waals surface area contributed by atoms with Crippen LogP contribution in [-0.2, 0) is 24.1 Å². The van der Waals surface area contributed by atoms with Crippen molar-refractivity contribution in [1.29, 1.82) is 0 Å². The second-order valence-corrected chi connectivity index (χ2v) is 7.83. The van der Waals surface area contributed by atoms with Crippen LogP contribution in [0.15, 0.2) is 29.0 Å². The Morgan fingerprint density at radius 3 is 3.00 bits per heavy atom. The van der Waals surface area contributed by atoms with E-state index in [1.807, 2.05) is 17.0 Å². The summed E-state index contributed by atoms with van der Waals surface area (Å²) >= 11 is 0. The van der Waals surface area contributed by atoms with Crippen LogP contribution < -0.4 is 0 Å². The Balaban J connectivity index is 1.12. The van der Waals surface area contributed by atoms with Gasteiger partial charge in [-0.15, -0.1) is 0 Å². The normalized spacial score (nSPS) is 16.5. The number of carbonyl (C=O) groups excluding carboxylic acids is 1. The van der Waals surface area contributed by atoms with Crippen LogP contribution in [-0.4, -0.2) is 49.2 Å². The molecular formula is C21H24N6O2. The average molecular weight is 392 g/mol. The number of aromatic nitrogens is 5. The van der Waals surface area contributed by atoms with Crippen LogP contribution in [0.4, 0.5) is 0 Å². The Hall–Kier alpha value is -3.03. The lowest BCUT2D eigenvalue weighted by Gasteiger charge is -2.20. The molecule has 1 aliphatic carbocycles. The highest BCUT2D eigenvalue weighted by atomic mass is 16.5. The minimum Gasteiger partial charge on any atom is -0.342 e. The van der Waals surface area contributed by atoms with Crippen molar-refractivity contribution in [2.75, 3.05) is 13.1 Å². The van der Waals surface area contributed by atoms with Gasteiger partial charge in [-0.05, 0) is 43.4 Å². The second kappa shape index (κ2) is 7.77. The van der Waals surface area contributed by atoms with Gasteiger partial charge in [0, 0.05) is 61.9 Å². The molecule has 150 valence electrons. The molecule has 3 aromatic rings. The fourth-order valence-electron chi connectivity index (χ4n) is 3.97. The first-order chi connectivity index (χ1) is 14.3. The van der Waals surface area contributed by atoms with Crippen molar-refractivity contribution in [1.82, 2.24) is 30.2 Å². The average Bonchev–Trinajstić information content (AvgIpc) is 3.42.